The summed E-state index contributed by atoms with van der Waals surface area (Å²) in [5.74, 6) is 0.229. The summed E-state index contributed by atoms with van der Waals surface area (Å²) in [5, 5.41) is 17.1. The molecule has 0 radical (unpaired) electrons. The van der Waals surface area contributed by atoms with Crippen LogP contribution >= 0.6 is 15.9 Å². The highest BCUT2D eigenvalue weighted by Gasteiger charge is 2.33. The van der Waals surface area contributed by atoms with Gasteiger partial charge in [0.05, 0.1) is 5.57 Å². The number of primary amides is 1. The first kappa shape index (κ1) is 15.7. The lowest BCUT2D eigenvalue weighted by Gasteiger charge is -2.27. The van der Waals surface area contributed by atoms with Crippen molar-refractivity contribution in [1.82, 2.24) is 14.8 Å². The standard InChI is InChI=1S/C15H16BrN5O2/c1-7-11(13(17)23)12(9-3-5-10(16)6-4-9)21-15(18-7)19-14(20-21)8(2)22/h3-6,8,12,22H,1-2H3,(H2,17,23)(H,18,19,20)/t8-,12+/m1/s1. The van der Waals surface area contributed by atoms with Crippen LogP contribution in [0.25, 0.3) is 0 Å². The van der Waals surface area contributed by atoms with Crippen molar-refractivity contribution in [3.8, 4) is 0 Å². The molecule has 0 bridgehead atoms. The van der Waals surface area contributed by atoms with Crippen LogP contribution in [0.1, 0.15) is 37.4 Å². The molecule has 120 valence electrons. The highest BCUT2D eigenvalue weighted by Crippen LogP contribution is 2.35. The second kappa shape index (κ2) is 5.78. The Labute approximate surface area is 141 Å². The second-order valence-electron chi connectivity index (χ2n) is 5.40. The number of aliphatic hydroxyl groups is 1. The van der Waals surface area contributed by atoms with E-state index in [1.807, 2.05) is 24.3 Å². The number of anilines is 1. The van der Waals surface area contributed by atoms with Gasteiger partial charge in [0.2, 0.25) is 11.9 Å². The number of carbonyl (C=O) groups excluding carboxylic acids is 1. The first-order valence-corrected chi connectivity index (χ1v) is 7.85. The second-order valence-corrected chi connectivity index (χ2v) is 6.31. The summed E-state index contributed by atoms with van der Waals surface area (Å²) >= 11 is 3.40. The predicted octanol–water partition coefficient (Wildman–Crippen LogP) is 1.87. The Morgan fingerprint density at radius 1 is 1.43 bits per heavy atom. The van der Waals surface area contributed by atoms with Crippen LogP contribution in [-0.4, -0.2) is 25.8 Å². The van der Waals surface area contributed by atoms with Crippen molar-refractivity contribution >= 4 is 27.8 Å². The molecule has 0 spiro atoms. The minimum Gasteiger partial charge on any atom is -0.385 e. The third-order valence-electron chi connectivity index (χ3n) is 3.69. The fourth-order valence-electron chi connectivity index (χ4n) is 2.62. The van der Waals surface area contributed by atoms with Crippen molar-refractivity contribution in [2.75, 3.05) is 5.32 Å². The molecule has 2 aromatic rings. The number of benzene rings is 1. The molecule has 0 fully saturated rings. The molecule has 1 aliphatic rings. The van der Waals surface area contributed by atoms with Crippen molar-refractivity contribution in [2.24, 2.45) is 5.73 Å². The van der Waals surface area contributed by atoms with E-state index in [1.54, 1.807) is 18.5 Å². The van der Waals surface area contributed by atoms with E-state index in [-0.39, 0.29) is 5.82 Å². The molecule has 0 saturated heterocycles. The largest absolute Gasteiger partial charge is 0.385 e. The van der Waals surface area contributed by atoms with Crippen molar-refractivity contribution in [2.45, 2.75) is 26.0 Å². The summed E-state index contributed by atoms with van der Waals surface area (Å²) in [7, 11) is 0. The summed E-state index contributed by atoms with van der Waals surface area (Å²) in [4.78, 5) is 16.3. The number of carbonyl (C=O) groups is 1. The summed E-state index contributed by atoms with van der Waals surface area (Å²) in [5.41, 5.74) is 7.48. The summed E-state index contributed by atoms with van der Waals surface area (Å²) < 4.78 is 2.51. The molecule has 0 unspecified atom stereocenters. The van der Waals surface area contributed by atoms with E-state index < -0.39 is 18.1 Å². The number of halogens is 1. The number of aromatic nitrogens is 3. The van der Waals surface area contributed by atoms with Crippen LogP contribution in [0.5, 0.6) is 0 Å². The van der Waals surface area contributed by atoms with E-state index in [0.717, 1.165) is 10.0 Å². The van der Waals surface area contributed by atoms with E-state index in [2.05, 4.69) is 31.3 Å². The maximum absolute atomic E-state index is 12.0. The minimum absolute atomic E-state index is 0.285. The molecule has 8 heteroatoms. The zero-order chi connectivity index (χ0) is 16.7. The van der Waals surface area contributed by atoms with Crippen LogP contribution in [0.4, 0.5) is 5.95 Å². The number of nitrogens with one attached hydrogen (secondary N) is 1. The van der Waals surface area contributed by atoms with E-state index in [9.17, 15) is 9.90 Å². The first-order valence-electron chi connectivity index (χ1n) is 7.06. The lowest BCUT2D eigenvalue weighted by Crippen LogP contribution is -2.31. The fourth-order valence-corrected chi connectivity index (χ4v) is 2.88. The monoisotopic (exact) mass is 377 g/mol. The summed E-state index contributed by atoms with van der Waals surface area (Å²) in [6.07, 6.45) is -0.808. The lowest BCUT2D eigenvalue weighted by molar-refractivity contribution is -0.115. The Kier molecular flexibility index (Phi) is 3.95. The van der Waals surface area contributed by atoms with Crippen LogP contribution in [0.15, 0.2) is 40.0 Å². The number of allylic oxidation sites excluding steroid dienone is 1. The molecule has 1 aromatic heterocycles. The molecule has 1 aliphatic heterocycles. The normalized spacial score (nSPS) is 18.3. The van der Waals surface area contributed by atoms with Gasteiger partial charge in [-0.05, 0) is 31.5 Å². The third-order valence-corrected chi connectivity index (χ3v) is 4.22. The fraction of sp³-hybridized carbons (Fsp3) is 0.267. The number of hydrogen-bond acceptors (Lipinski definition) is 5. The molecular weight excluding hydrogens is 362 g/mol. The number of fused-ring (bicyclic) bond motifs is 1. The smallest absolute Gasteiger partial charge is 0.248 e. The SMILES string of the molecule is CC1=C(C(N)=O)[C@H](c2ccc(Br)cc2)n2nc([C@@H](C)O)nc2N1. The van der Waals surface area contributed by atoms with Crippen LogP contribution < -0.4 is 11.1 Å². The van der Waals surface area contributed by atoms with Crippen molar-refractivity contribution in [3.05, 3.63) is 51.4 Å². The van der Waals surface area contributed by atoms with Gasteiger partial charge in [-0.25, -0.2) is 4.68 Å². The molecule has 7 nitrogen and oxygen atoms in total. The average Bonchev–Trinajstić information content (AvgIpc) is 2.90. The van der Waals surface area contributed by atoms with E-state index in [0.29, 0.717) is 17.2 Å². The molecule has 23 heavy (non-hydrogen) atoms. The van der Waals surface area contributed by atoms with Crippen LogP contribution in [0.3, 0.4) is 0 Å². The maximum atomic E-state index is 12.0. The number of rotatable bonds is 3. The zero-order valence-corrected chi connectivity index (χ0v) is 14.2. The van der Waals surface area contributed by atoms with Gasteiger partial charge in [0.25, 0.3) is 0 Å². The lowest BCUT2D eigenvalue weighted by atomic mass is 9.95. The number of aliphatic hydroxyl groups excluding tert-OH is 1. The van der Waals surface area contributed by atoms with Crippen LogP contribution in [-0.2, 0) is 4.79 Å². The van der Waals surface area contributed by atoms with E-state index >= 15 is 0 Å². The van der Waals surface area contributed by atoms with Crippen LogP contribution in [0, 0.1) is 0 Å². The molecule has 1 amide bonds. The first-order chi connectivity index (χ1) is 10.9. The molecule has 2 heterocycles. The molecular formula is C15H16BrN5O2. The van der Waals surface area contributed by atoms with Crippen molar-refractivity contribution < 1.29 is 9.90 Å². The number of nitrogens with two attached hydrogens (primary N) is 1. The van der Waals surface area contributed by atoms with Gasteiger partial charge >= 0.3 is 0 Å². The Morgan fingerprint density at radius 2 is 2.09 bits per heavy atom. The van der Waals surface area contributed by atoms with Gasteiger partial charge in [0.1, 0.15) is 12.1 Å². The van der Waals surface area contributed by atoms with Gasteiger partial charge in [-0.2, -0.15) is 10.1 Å². The average molecular weight is 378 g/mol. The number of hydrogen-bond donors (Lipinski definition) is 3. The Bertz CT molecular complexity index is 795. The topological polar surface area (TPSA) is 106 Å². The molecule has 1 aromatic carbocycles. The number of amides is 1. The maximum Gasteiger partial charge on any atom is 0.248 e. The van der Waals surface area contributed by atoms with Gasteiger partial charge in [-0.3, -0.25) is 4.79 Å². The molecule has 4 N–H and O–H groups in total. The van der Waals surface area contributed by atoms with Gasteiger partial charge in [0, 0.05) is 10.2 Å². The van der Waals surface area contributed by atoms with Crippen LogP contribution in [0.2, 0.25) is 0 Å². The highest BCUT2D eigenvalue weighted by atomic mass is 79.9. The van der Waals surface area contributed by atoms with Gasteiger partial charge in [-0.15, -0.1) is 0 Å². The Morgan fingerprint density at radius 3 is 2.65 bits per heavy atom. The molecule has 0 aliphatic carbocycles. The summed E-state index contributed by atoms with van der Waals surface area (Å²) in [6.45, 7) is 3.36. The predicted molar refractivity (Wildman–Crippen MR) is 88.5 cm³/mol. The highest BCUT2D eigenvalue weighted by molar-refractivity contribution is 9.10. The quantitative estimate of drug-likeness (QED) is 0.756. The van der Waals surface area contributed by atoms with E-state index in [4.69, 9.17) is 5.73 Å². The molecule has 3 rings (SSSR count). The molecule has 2 atom stereocenters. The zero-order valence-electron chi connectivity index (χ0n) is 12.6. The number of nitrogens with zero attached hydrogens (tertiary/aromatic N) is 3. The van der Waals surface area contributed by atoms with Crippen molar-refractivity contribution in [3.63, 3.8) is 0 Å². The van der Waals surface area contributed by atoms with Gasteiger partial charge < -0.3 is 16.2 Å². The Balaban J connectivity index is 2.19. The van der Waals surface area contributed by atoms with E-state index in [1.165, 1.54) is 0 Å². The summed E-state index contributed by atoms with van der Waals surface area (Å²) in [6, 6.07) is 7.07. The molecule has 0 saturated carbocycles. The van der Waals surface area contributed by atoms with Crippen molar-refractivity contribution in [1.29, 1.82) is 0 Å². The van der Waals surface area contributed by atoms with Gasteiger partial charge in [-0.1, -0.05) is 28.1 Å². The third kappa shape index (κ3) is 2.75. The minimum atomic E-state index is -0.808. The Hall–Kier alpha value is -2.19. The van der Waals surface area contributed by atoms with Gasteiger partial charge in [0.15, 0.2) is 5.82 Å².